The molecule has 72 valence electrons. The molecule has 1 heterocycles. The van der Waals surface area contributed by atoms with Gasteiger partial charge in [0.15, 0.2) is 0 Å². The molecule has 0 radical (unpaired) electrons. The third-order valence-corrected chi connectivity index (χ3v) is 2.05. The number of aryl methyl sites for hydroxylation is 1. The Morgan fingerprint density at radius 2 is 1.93 bits per heavy atom. The molecular formula is C10H11N3O. The molecule has 0 saturated carbocycles. The number of aromatic nitrogens is 3. The molecule has 14 heavy (non-hydrogen) atoms. The van der Waals surface area contributed by atoms with Gasteiger partial charge < -0.3 is 4.74 Å². The Labute approximate surface area is 82.1 Å². The number of methoxy groups -OCH3 is 1. The zero-order valence-electron chi connectivity index (χ0n) is 8.14. The van der Waals surface area contributed by atoms with E-state index in [1.54, 1.807) is 24.3 Å². The molecule has 0 aliphatic heterocycles. The van der Waals surface area contributed by atoms with Crippen LogP contribution in [0.3, 0.4) is 0 Å². The van der Waals surface area contributed by atoms with Crippen LogP contribution in [0.5, 0.6) is 5.75 Å². The van der Waals surface area contributed by atoms with Crippen molar-refractivity contribution in [2.45, 2.75) is 6.92 Å². The van der Waals surface area contributed by atoms with Crippen LogP contribution in [-0.2, 0) is 0 Å². The first-order valence-electron chi connectivity index (χ1n) is 4.32. The second-order valence-electron chi connectivity index (χ2n) is 2.97. The lowest BCUT2D eigenvalue weighted by Crippen LogP contribution is -2.01. The number of hydrogen-bond donors (Lipinski definition) is 0. The largest absolute Gasteiger partial charge is 0.497 e. The van der Waals surface area contributed by atoms with Gasteiger partial charge in [0.2, 0.25) is 0 Å². The van der Waals surface area contributed by atoms with Crippen molar-refractivity contribution in [2.75, 3.05) is 7.11 Å². The van der Waals surface area contributed by atoms with Crippen molar-refractivity contribution in [1.29, 1.82) is 0 Å². The molecule has 1 aromatic carbocycles. The lowest BCUT2D eigenvalue weighted by atomic mass is 10.2. The van der Waals surface area contributed by atoms with E-state index in [1.807, 2.05) is 25.1 Å². The average Bonchev–Trinajstić information content (AvgIpc) is 2.71. The van der Waals surface area contributed by atoms with Crippen molar-refractivity contribution in [3.05, 3.63) is 36.2 Å². The van der Waals surface area contributed by atoms with Gasteiger partial charge in [-0.2, -0.15) is 15.0 Å². The minimum atomic E-state index is 0.808. The van der Waals surface area contributed by atoms with Crippen LogP contribution >= 0.6 is 0 Å². The predicted octanol–water partition coefficient (Wildman–Crippen LogP) is 1.58. The van der Waals surface area contributed by atoms with Crippen LogP contribution in [0.25, 0.3) is 5.69 Å². The van der Waals surface area contributed by atoms with Crippen molar-refractivity contribution >= 4 is 0 Å². The Morgan fingerprint density at radius 1 is 1.21 bits per heavy atom. The highest BCUT2D eigenvalue weighted by Gasteiger charge is 2.03. The molecule has 4 nitrogen and oxygen atoms in total. The van der Waals surface area contributed by atoms with Gasteiger partial charge in [0, 0.05) is 6.07 Å². The fourth-order valence-corrected chi connectivity index (χ4v) is 1.27. The van der Waals surface area contributed by atoms with Gasteiger partial charge in [0.25, 0.3) is 0 Å². The molecule has 0 spiro atoms. The normalized spacial score (nSPS) is 10.1. The van der Waals surface area contributed by atoms with Crippen molar-refractivity contribution in [1.82, 2.24) is 15.0 Å². The summed E-state index contributed by atoms with van der Waals surface area (Å²) in [5.74, 6) is 0.808. The SMILES string of the molecule is COc1ccc(C)c(-n2nccn2)c1. The molecule has 0 amide bonds. The first-order chi connectivity index (χ1) is 6.81. The smallest absolute Gasteiger partial charge is 0.121 e. The summed E-state index contributed by atoms with van der Waals surface area (Å²) >= 11 is 0. The van der Waals surface area contributed by atoms with Gasteiger partial charge in [-0.1, -0.05) is 6.07 Å². The summed E-state index contributed by atoms with van der Waals surface area (Å²) < 4.78 is 5.14. The maximum Gasteiger partial charge on any atom is 0.121 e. The molecule has 0 aliphatic rings. The molecule has 2 rings (SSSR count). The van der Waals surface area contributed by atoms with Crippen LogP contribution in [0.1, 0.15) is 5.56 Å². The zero-order chi connectivity index (χ0) is 9.97. The van der Waals surface area contributed by atoms with E-state index in [9.17, 15) is 0 Å². The Morgan fingerprint density at radius 3 is 2.57 bits per heavy atom. The van der Waals surface area contributed by atoms with E-state index < -0.39 is 0 Å². The summed E-state index contributed by atoms with van der Waals surface area (Å²) in [4.78, 5) is 1.58. The number of nitrogens with zero attached hydrogens (tertiary/aromatic N) is 3. The van der Waals surface area contributed by atoms with Crippen molar-refractivity contribution in [2.24, 2.45) is 0 Å². The first-order valence-corrected chi connectivity index (χ1v) is 4.32. The van der Waals surface area contributed by atoms with Crippen LogP contribution in [0, 0.1) is 6.92 Å². The zero-order valence-corrected chi connectivity index (χ0v) is 8.14. The molecular weight excluding hydrogens is 178 g/mol. The standard InChI is InChI=1S/C10H11N3O/c1-8-3-4-9(14-2)7-10(8)13-11-5-6-12-13/h3-7H,1-2H3. The molecule has 0 saturated heterocycles. The number of hydrogen-bond acceptors (Lipinski definition) is 3. The highest BCUT2D eigenvalue weighted by molar-refractivity contribution is 5.44. The fourth-order valence-electron chi connectivity index (χ4n) is 1.27. The molecule has 0 bridgehead atoms. The van der Waals surface area contributed by atoms with Crippen molar-refractivity contribution < 1.29 is 4.74 Å². The second-order valence-corrected chi connectivity index (χ2v) is 2.97. The Bertz CT molecular complexity index is 423. The summed E-state index contributed by atoms with van der Waals surface area (Å²) in [6.45, 7) is 2.01. The average molecular weight is 189 g/mol. The van der Waals surface area contributed by atoms with Gasteiger partial charge in [-0.05, 0) is 18.6 Å². The predicted molar refractivity (Wildman–Crippen MR) is 52.6 cm³/mol. The van der Waals surface area contributed by atoms with Crippen molar-refractivity contribution in [3.8, 4) is 11.4 Å². The van der Waals surface area contributed by atoms with Crippen LogP contribution < -0.4 is 4.74 Å². The summed E-state index contributed by atoms with van der Waals surface area (Å²) in [5.41, 5.74) is 2.05. The summed E-state index contributed by atoms with van der Waals surface area (Å²) in [6, 6.07) is 5.81. The maximum atomic E-state index is 5.14. The third kappa shape index (κ3) is 1.46. The van der Waals surface area contributed by atoms with E-state index in [0.717, 1.165) is 17.0 Å². The lowest BCUT2D eigenvalue weighted by Gasteiger charge is -2.06. The number of ether oxygens (including phenoxy) is 1. The van der Waals surface area contributed by atoms with E-state index in [0.29, 0.717) is 0 Å². The third-order valence-electron chi connectivity index (χ3n) is 2.05. The van der Waals surface area contributed by atoms with Crippen molar-refractivity contribution in [3.63, 3.8) is 0 Å². The number of benzene rings is 1. The van der Waals surface area contributed by atoms with E-state index in [2.05, 4.69) is 10.2 Å². The van der Waals surface area contributed by atoms with Gasteiger partial charge in [0.05, 0.1) is 25.2 Å². The van der Waals surface area contributed by atoms with E-state index in [4.69, 9.17) is 4.74 Å². The van der Waals surface area contributed by atoms with Crippen LogP contribution in [0.2, 0.25) is 0 Å². The van der Waals surface area contributed by atoms with Gasteiger partial charge in [-0.25, -0.2) is 0 Å². The highest BCUT2D eigenvalue weighted by Crippen LogP contribution is 2.18. The molecule has 0 atom stereocenters. The van der Waals surface area contributed by atoms with Crippen LogP contribution in [0.4, 0.5) is 0 Å². The van der Waals surface area contributed by atoms with E-state index in [-0.39, 0.29) is 0 Å². The van der Waals surface area contributed by atoms with Gasteiger partial charge >= 0.3 is 0 Å². The Kier molecular flexibility index (Phi) is 2.18. The van der Waals surface area contributed by atoms with E-state index >= 15 is 0 Å². The Balaban J connectivity index is 2.51. The minimum Gasteiger partial charge on any atom is -0.497 e. The minimum absolute atomic E-state index is 0.808. The van der Waals surface area contributed by atoms with Crippen LogP contribution in [0.15, 0.2) is 30.6 Å². The van der Waals surface area contributed by atoms with Gasteiger partial charge in [-0.3, -0.25) is 0 Å². The Hall–Kier alpha value is -1.84. The summed E-state index contributed by atoms with van der Waals surface area (Å²) in [7, 11) is 1.64. The summed E-state index contributed by atoms with van der Waals surface area (Å²) in [5, 5.41) is 8.15. The highest BCUT2D eigenvalue weighted by atomic mass is 16.5. The molecule has 0 N–H and O–H groups in total. The lowest BCUT2D eigenvalue weighted by molar-refractivity contribution is 0.414. The molecule has 0 unspecified atom stereocenters. The van der Waals surface area contributed by atoms with Crippen LogP contribution in [-0.4, -0.2) is 22.1 Å². The first kappa shape index (κ1) is 8.74. The summed E-state index contributed by atoms with van der Waals surface area (Å²) in [6.07, 6.45) is 3.30. The van der Waals surface area contributed by atoms with Gasteiger partial charge in [-0.15, -0.1) is 0 Å². The molecule has 4 heteroatoms. The topological polar surface area (TPSA) is 39.9 Å². The molecule has 2 aromatic rings. The quantitative estimate of drug-likeness (QED) is 0.720. The molecule has 0 aliphatic carbocycles. The molecule has 0 fully saturated rings. The fraction of sp³-hybridized carbons (Fsp3) is 0.200. The monoisotopic (exact) mass is 189 g/mol. The van der Waals surface area contributed by atoms with Gasteiger partial charge in [0.1, 0.15) is 5.75 Å². The second kappa shape index (κ2) is 3.49. The number of rotatable bonds is 2. The molecule has 1 aromatic heterocycles. The maximum absolute atomic E-state index is 5.14. The van der Waals surface area contributed by atoms with E-state index in [1.165, 1.54) is 0 Å².